The van der Waals surface area contributed by atoms with E-state index < -0.39 is 0 Å². The first-order valence-electron chi connectivity index (χ1n) is 6.38. The fourth-order valence-corrected chi connectivity index (χ4v) is 2.39. The number of rotatable bonds is 4. The van der Waals surface area contributed by atoms with Gasteiger partial charge in [0.1, 0.15) is 5.75 Å². The lowest BCUT2D eigenvalue weighted by atomic mass is 9.95. The molecule has 1 fully saturated rings. The Morgan fingerprint density at radius 2 is 1.94 bits per heavy atom. The average molecular weight is 247 g/mol. The molecule has 0 atom stereocenters. The Bertz CT molecular complexity index is 394. The maximum Gasteiger partial charge on any atom is 0.118 e. The molecule has 0 radical (unpaired) electrons. The molecule has 0 amide bonds. The molecular formula is C14H21N3O. The molecule has 0 spiro atoms. The summed E-state index contributed by atoms with van der Waals surface area (Å²) in [7, 11) is 1.68. The summed E-state index contributed by atoms with van der Waals surface area (Å²) in [6, 6.07) is 8.21. The van der Waals surface area contributed by atoms with Crippen molar-refractivity contribution in [1.29, 1.82) is 5.41 Å². The van der Waals surface area contributed by atoms with Crippen molar-refractivity contribution >= 4 is 5.84 Å². The van der Waals surface area contributed by atoms with Gasteiger partial charge in [-0.2, -0.15) is 0 Å². The van der Waals surface area contributed by atoms with Crippen molar-refractivity contribution in [3.05, 3.63) is 29.8 Å². The van der Waals surface area contributed by atoms with E-state index in [9.17, 15) is 0 Å². The minimum Gasteiger partial charge on any atom is -0.497 e. The van der Waals surface area contributed by atoms with Crippen LogP contribution in [0.2, 0.25) is 0 Å². The van der Waals surface area contributed by atoms with Gasteiger partial charge in [0, 0.05) is 12.5 Å². The van der Waals surface area contributed by atoms with E-state index in [0.29, 0.717) is 5.84 Å². The predicted molar refractivity (Wildman–Crippen MR) is 72.9 cm³/mol. The molecule has 0 bridgehead atoms. The lowest BCUT2D eigenvalue weighted by Gasteiger charge is -2.31. The van der Waals surface area contributed by atoms with Crippen molar-refractivity contribution in [1.82, 2.24) is 4.90 Å². The van der Waals surface area contributed by atoms with Crippen molar-refractivity contribution < 1.29 is 4.74 Å². The Labute approximate surface area is 108 Å². The van der Waals surface area contributed by atoms with Gasteiger partial charge in [0.25, 0.3) is 0 Å². The molecule has 1 heterocycles. The van der Waals surface area contributed by atoms with Crippen LogP contribution in [0.5, 0.6) is 5.75 Å². The summed E-state index contributed by atoms with van der Waals surface area (Å²) >= 11 is 0. The normalized spacial score (nSPS) is 17.6. The number of piperidine rings is 1. The van der Waals surface area contributed by atoms with E-state index >= 15 is 0 Å². The van der Waals surface area contributed by atoms with Gasteiger partial charge in [0.05, 0.1) is 12.9 Å². The predicted octanol–water partition coefficient (Wildman–Crippen LogP) is 1.84. The number of amidine groups is 1. The van der Waals surface area contributed by atoms with Crippen LogP contribution in [0.1, 0.15) is 18.4 Å². The van der Waals surface area contributed by atoms with Crippen LogP contribution in [-0.2, 0) is 6.54 Å². The zero-order valence-electron chi connectivity index (χ0n) is 10.9. The molecule has 1 saturated heterocycles. The quantitative estimate of drug-likeness (QED) is 0.630. The smallest absolute Gasteiger partial charge is 0.118 e. The molecule has 98 valence electrons. The van der Waals surface area contributed by atoms with E-state index in [1.54, 1.807) is 7.11 Å². The fourth-order valence-electron chi connectivity index (χ4n) is 2.39. The van der Waals surface area contributed by atoms with Crippen LogP contribution >= 0.6 is 0 Å². The van der Waals surface area contributed by atoms with Gasteiger partial charge in [-0.3, -0.25) is 10.3 Å². The van der Waals surface area contributed by atoms with Gasteiger partial charge in [-0.25, -0.2) is 0 Å². The maximum atomic E-state index is 7.47. The highest BCUT2D eigenvalue weighted by molar-refractivity contribution is 5.79. The van der Waals surface area contributed by atoms with E-state index in [4.69, 9.17) is 15.9 Å². The first kappa shape index (κ1) is 12.9. The van der Waals surface area contributed by atoms with Crippen molar-refractivity contribution in [2.75, 3.05) is 20.2 Å². The second kappa shape index (κ2) is 5.87. The minimum absolute atomic E-state index is 0.289. The third-order valence-corrected chi connectivity index (χ3v) is 3.59. The molecule has 18 heavy (non-hydrogen) atoms. The Kier molecular flexibility index (Phi) is 4.20. The van der Waals surface area contributed by atoms with Crippen LogP contribution in [-0.4, -0.2) is 30.9 Å². The molecule has 2 rings (SSSR count). The largest absolute Gasteiger partial charge is 0.497 e. The van der Waals surface area contributed by atoms with Crippen LogP contribution in [0.25, 0.3) is 0 Å². The van der Waals surface area contributed by atoms with Gasteiger partial charge in [-0.05, 0) is 43.6 Å². The molecule has 1 aromatic rings. The molecule has 1 aliphatic rings. The summed E-state index contributed by atoms with van der Waals surface area (Å²) in [5.74, 6) is 1.53. The molecule has 0 saturated carbocycles. The number of hydrogen-bond donors (Lipinski definition) is 2. The van der Waals surface area contributed by atoms with E-state index in [2.05, 4.69) is 17.0 Å². The van der Waals surface area contributed by atoms with Gasteiger partial charge in [-0.1, -0.05) is 12.1 Å². The van der Waals surface area contributed by atoms with Crippen molar-refractivity contribution in [2.24, 2.45) is 11.7 Å². The van der Waals surface area contributed by atoms with E-state index in [0.717, 1.165) is 38.2 Å². The number of nitrogens with zero attached hydrogens (tertiary/aromatic N) is 1. The minimum atomic E-state index is 0.289. The second-order valence-corrected chi connectivity index (χ2v) is 4.85. The van der Waals surface area contributed by atoms with Gasteiger partial charge in [0.2, 0.25) is 0 Å². The standard InChI is InChI=1S/C14H21N3O/c1-18-13-4-2-11(3-5-13)10-17-8-6-12(7-9-17)14(15)16/h2-5,12H,6-10H2,1H3,(H3,15,16). The molecule has 0 aromatic heterocycles. The summed E-state index contributed by atoms with van der Waals surface area (Å²) < 4.78 is 5.15. The number of nitrogens with one attached hydrogen (secondary N) is 1. The highest BCUT2D eigenvalue weighted by atomic mass is 16.5. The van der Waals surface area contributed by atoms with Crippen molar-refractivity contribution in [3.63, 3.8) is 0 Å². The van der Waals surface area contributed by atoms with E-state index in [1.807, 2.05) is 12.1 Å². The highest BCUT2D eigenvalue weighted by Gasteiger charge is 2.20. The van der Waals surface area contributed by atoms with Crippen molar-refractivity contribution in [2.45, 2.75) is 19.4 Å². The third kappa shape index (κ3) is 3.23. The van der Waals surface area contributed by atoms with Crippen LogP contribution in [0.3, 0.4) is 0 Å². The zero-order valence-corrected chi connectivity index (χ0v) is 10.9. The summed E-state index contributed by atoms with van der Waals surface area (Å²) in [6.45, 7) is 3.02. The number of hydrogen-bond acceptors (Lipinski definition) is 3. The molecular weight excluding hydrogens is 226 g/mol. The molecule has 4 heteroatoms. The summed E-state index contributed by atoms with van der Waals surface area (Å²) in [5, 5.41) is 7.47. The maximum absolute atomic E-state index is 7.47. The summed E-state index contributed by atoms with van der Waals surface area (Å²) in [5.41, 5.74) is 6.85. The molecule has 0 unspecified atom stereocenters. The third-order valence-electron chi connectivity index (χ3n) is 3.59. The average Bonchev–Trinajstić information content (AvgIpc) is 2.40. The lowest BCUT2D eigenvalue weighted by molar-refractivity contribution is 0.201. The summed E-state index contributed by atoms with van der Waals surface area (Å²) in [6.07, 6.45) is 2.01. The Hall–Kier alpha value is -1.55. The first-order valence-corrected chi connectivity index (χ1v) is 6.38. The number of benzene rings is 1. The Morgan fingerprint density at radius 3 is 2.44 bits per heavy atom. The topological polar surface area (TPSA) is 62.3 Å². The Balaban J connectivity index is 1.85. The van der Waals surface area contributed by atoms with Gasteiger partial charge in [-0.15, -0.1) is 0 Å². The molecule has 1 aliphatic heterocycles. The highest BCUT2D eigenvalue weighted by Crippen LogP contribution is 2.19. The first-order chi connectivity index (χ1) is 8.69. The molecule has 0 aliphatic carbocycles. The lowest BCUT2D eigenvalue weighted by Crippen LogP contribution is -2.37. The zero-order chi connectivity index (χ0) is 13.0. The summed E-state index contributed by atoms with van der Waals surface area (Å²) in [4.78, 5) is 2.42. The number of likely N-dealkylation sites (tertiary alicyclic amines) is 1. The van der Waals surface area contributed by atoms with Crippen LogP contribution < -0.4 is 10.5 Å². The van der Waals surface area contributed by atoms with Crippen LogP contribution in [0.4, 0.5) is 0 Å². The van der Waals surface area contributed by atoms with Crippen molar-refractivity contribution in [3.8, 4) is 5.75 Å². The molecule has 3 N–H and O–H groups in total. The number of methoxy groups -OCH3 is 1. The Morgan fingerprint density at radius 1 is 1.33 bits per heavy atom. The fraction of sp³-hybridized carbons (Fsp3) is 0.500. The van der Waals surface area contributed by atoms with Crippen LogP contribution in [0.15, 0.2) is 24.3 Å². The van der Waals surface area contributed by atoms with Gasteiger partial charge in [0.15, 0.2) is 0 Å². The van der Waals surface area contributed by atoms with E-state index in [1.165, 1.54) is 5.56 Å². The van der Waals surface area contributed by atoms with Crippen LogP contribution in [0, 0.1) is 11.3 Å². The van der Waals surface area contributed by atoms with Gasteiger partial charge < -0.3 is 10.5 Å². The monoisotopic (exact) mass is 247 g/mol. The van der Waals surface area contributed by atoms with Gasteiger partial charge >= 0.3 is 0 Å². The van der Waals surface area contributed by atoms with E-state index in [-0.39, 0.29) is 5.92 Å². The molecule has 4 nitrogen and oxygen atoms in total. The SMILES string of the molecule is COc1ccc(CN2CCC(C(=N)N)CC2)cc1. The molecule has 1 aromatic carbocycles. The second-order valence-electron chi connectivity index (χ2n) is 4.85. The number of nitrogens with two attached hydrogens (primary N) is 1. The number of ether oxygens (including phenoxy) is 1.